The van der Waals surface area contributed by atoms with Crippen molar-refractivity contribution in [3.8, 4) is 0 Å². The lowest BCUT2D eigenvalue weighted by Crippen LogP contribution is -2.29. The molecule has 0 N–H and O–H groups in total. The summed E-state index contributed by atoms with van der Waals surface area (Å²) in [6, 6.07) is 9.38. The summed E-state index contributed by atoms with van der Waals surface area (Å²) in [4.78, 5) is 2.50. The minimum absolute atomic E-state index is 0.568. The first-order valence-electron chi connectivity index (χ1n) is 5.50. The van der Waals surface area contributed by atoms with Gasteiger partial charge in [0.05, 0.1) is 0 Å². The first-order chi connectivity index (χ1) is 6.70. The first kappa shape index (κ1) is 11.5. The van der Waals surface area contributed by atoms with Gasteiger partial charge >= 0.3 is 0 Å². The Morgan fingerprint density at radius 1 is 1.21 bits per heavy atom. The van der Waals surface area contributed by atoms with E-state index in [1.165, 1.54) is 10.8 Å². The Balaban J connectivity index is 2.88. The van der Waals surface area contributed by atoms with Gasteiger partial charge in [0.2, 0.25) is 0 Å². The van der Waals surface area contributed by atoms with Gasteiger partial charge in [0.15, 0.2) is 0 Å². The second-order valence-electron chi connectivity index (χ2n) is 3.75. The maximum atomic E-state index is 2.50. The molecule has 78 valence electrons. The van der Waals surface area contributed by atoms with Crippen LogP contribution in [0.5, 0.6) is 0 Å². The lowest BCUT2D eigenvalue weighted by Gasteiger charge is -2.27. The lowest BCUT2D eigenvalue weighted by molar-refractivity contribution is 0.235. The molecular formula is C12H21NSi. The van der Waals surface area contributed by atoms with Crippen LogP contribution in [0.3, 0.4) is 0 Å². The van der Waals surface area contributed by atoms with Gasteiger partial charge in [-0.2, -0.15) is 0 Å². The molecule has 1 aromatic rings. The molecule has 0 aliphatic carbocycles. The van der Waals surface area contributed by atoms with Gasteiger partial charge in [-0.15, -0.1) is 0 Å². The molecule has 1 atom stereocenters. The van der Waals surface area contributed by atoms with Gasteiger partial charge in [-0.05, 0) is 25.6 Å². The van der Waals surface area contributed by atoms with Crippen molar-refractivity contribution in [1.82, 2.24) is 4.90 Å². The van der Waals surface area contributed by atoms with Gasteiger partial charge in [-0.3, -0.25) is 4.90 Å². The molecule has 0 aromatic heterocycles. The van der Waals surface area contributed by atoms with Crippen LogP contribution in [0.1, 0.15) is 32.4 Å². The Kier molecular flexibility index (Phi) is 4.36. The zero-order chi connectivity index (χ0) is 10.6. The van der Waals surface area contributed by atoms with Crippen molar-refractivity contribution in [3.05, 3.63) is 29.8 Å². The highest BCUT2D eigenvalue weighted by molar-refractivity contribution is 6.33. The summed E-state index contributed by atoms with van der Waals surface area (Å²) in [5, 5.41) is 1.53. The van der Waals surface area contributed by atoms with Crippen LogP contribution in [0.25, 0.3) is 0 Å². The third kappa shape index (κ3) is 2.46. The average Bonchev–Trinajstić information content (AvgIpc) is 2.20. The summed E-state index contributed by atoms with van der Waals surface area (Å²) >= 11 is 0. The second-order valence-corrected chi connectivity index (χ2v) is 4.83. The summed E-state index contributed by atoms with van der Waals surface area (Å²) in [7, 11) is 1.15. The summed E-state index contributed by atoms with van der Waals surface area (Å²) in [6.45, 7) is 9.04. The molecule has 0 aliphatic heterocycles. The molecule has 1 nitrogen and oxygen atoms in total. The highest BCUT2D eigenvalue weighted by Crippen LogP contribution is 2.16. The Hall–Kier alpha value is -0.603. The molecule has 0 heterocycles. The second kappa shape index (κ2) is 5.32. The quantitative estimate of drug-likeness (QED) is 0.668. The van der Waals surface area contributed by atoms with Gasteiger partial charge in [0.1, 0.15) is 0 Å². The van der Waals surface area contributed by atoms with Gasteiger partial charge in [-0.1, -0.05) is 43.3 Å². The number of nitrogens with zero attached hydrogens (tertiary/aromatic N) is 1. The minimum atomic E-state index is 0.568. The number of benzene rings is 1. The van der Waals surface area contributed by atoms with Gasteiger partial charge in [0, 0.05) is 16.3 Å². The molecule has 0 aliphatic rings. The monoisotopic (exact) mass is 207 g/mol. The van der Waals surface area contributed by atoms with Gasteiger partial charge in [-0.25, -0.2) is 0 Å². The van der Waals surface area contributed by atoms with Crippen LogP contribution in [-0.4, -0.2) is 28.2 Å². The topological polar surface area (TPSA) is 3.24 Å². The maximum absolute atomic E-state index is 2.50. The lowest BCUT2D eigenvalue weighted by atomic mass is 10.1. The van der Waals surface area contributed by atoms with E-state index in [4.69, 9.17) is 0 Å². The average molecular weight is 207 g/mol. The van der Waals surface area contributed by atoms with Crippen molar-refractivity contribution in [1.29, 1.82) is 0 Å². The standard InChI is InChI=1S/C12H21NSi/c1-4-13(5-2)10(3)11-8-6-7-9-12(11)14/h6-10H,4-5H2,1-3,14H3. The van der Waals surface area contributed by atoms with E-state index in [9.17, 15) is 0 Å². The number of hydrogen-bond acceptors (Lipinski definition) is 1. The Morgan fingerprint density at radius 3 is 2.29 bits per heavy atom. The van der Waals surface area contributed by atoms with E-state index >= 15 is 0 Å². The van der Waals surface area contributed by atoms with Crippen molar-refractivity contribution in [2.45, 2.75) is 26.8 Å². The Morgan fingerprint density at radius 2 is 1.79 bits per heavy atom. The third-order valence-corrected chi connectivity index (χ3v) is 3.91. The highest BCUT2D eigenvalue weighted by atomic mass is 28.1. The van der Waals surface area contributed by atoms with E-state index in [2.05, 4.69) is 49.9 Å². The summed E-state index contributed by atoms with van der Waals surface area (Å²) in [5.41, 5.74) is 1.52. The van der Waals surface area contributed by atoms with Crippen LogP contribution in [0.2, 0.25) is 0 Å². The molecule has 1 aromatic carbocycles. The van der Waals surface area contributed by atoms with Gasteiger partial charge in [0.25, 0.3) is 0 Å². The smallest absolute Gasteiger partial charge is 0.0389 e. The van der Waals surface area contributed by atoms with Crippen molar-refractivity contribution in [3.63, 3.8) is 0 Å². The van der Waals surface area contributed by atoms with Crippen LogP contribution < -0.4 is 5.19 Å². The molecular weight excluding hydrogens is 186 g/mol. The zero-order valence-electron chi connectivity index (χ0n) is 9.75. The molecule has 0 bridgehead atoms. The SMILES string of the molecule is CCN(CC)C(C)c1ccccc1[SiH3]. The highest BCUT2D eigenvalue weighted by Gasteiger charge is 2.13. The van der Waals surface area contributed by atoms with Crippen molar-refractivity contribution < 1.29 is 0 Å². The van der Waals surface area contributed by atoms with Crippen LogP contribution in [0, 0.1) is 0 Å². The predicted octanol–water partition coefficient (Wildman–Crippen LogP) is 1.08. The fourth-order valence-electron chi connectivity index (χ4n) is 2.02. The largest absolute Gasteiger partial charge is 0.297 e. The summed E-state index contributed by atoms with van der Waals surface area (Å²) in [6.07, 6.45) is 0. The van der Waals surface area contributed by atoms with Crippen LogP contribution in [0.15, 0.2) is 24.3 Å². The molecule has 0 saturated carbocycles. The van der Waals surface area contributed by atoms with Crippen molar-refractivity contribution in [2.75, 3.05) is 13.1 Å². The fraction of sp³-hybridized carbons (Fsp3) is 0.500. The molecule has 0 fully saturated rings. The molecule has 1 rings (SSSR count). The number of rotatable bonds is 4. The van der Waals surface area contributed by atoms with E-state index in [0.717, 1.165) is 23.3 Å². The number of hydrogen-bond donors (Lipinski definition) is 0. The van der Waals surface area contributed by atoms with Gasteiger partial charge < -0.3 is 0 Å². The molecule has 0 amide bonds. The van der Waals surface area contributed by atoms with Crippen LogP contribution in [0.4, 0.5) is 0 Å². The summed E-state index contributed by atoms with van der Waals surface area (Å²) < 4.78 is 0. The Bertz CT molecular complexity index is 281. The summed E-state index contributed by atoms with van der Waals surface area (Å²) in [5.74, 6) is 0. The van der Waals surface area contributed by atoms with Crippen molar-refractivity contribution in [2.24, 2.45) is 0 Å². The Labute approximate surface area is 90.6 Å². The molecule has 0 radical (unpaired) electrons. The normalized spacial score (nSPS) is 13.4. The van der Waals surface area contributed by atoms with Crippen LogP contribution in [-0.2, 0) is 0 Å². The molecule has 2 heteroatoms. The van der Waals surface area contributed by atoms with E-state index in [0.29, 0.717) is 6.04 Å². The molecule has 14 heavy (non-hydrogen) atoms. The minimum Gasteiger partial charge on any atom is -0.297 e. The molecule has 0 spiro atoms. The molecule has 1 unspecified atom stereocenters. The zero-order valence-corrected chi connectivity index (χ0v) is 11.7. The molecule has 0 saturated heterocycles. The third-order valence-electron chi connectivity index (χ3n) is 3.00. The van der Waals surface area contributed by atoms with Crippen LogP contribution >= 0.6 is 0 Å². The van der Waals surface area contributed by atoms with E-state index < -0.39 is 0 Å². The first-order valence-corrected chi connectivity index (χ1v) is 6.50. The predicted molar refractivity (Wildman–Crippen MR) is 67.4 cm³/mol. The van der Waals surface area contributed by atoms with E-state index in [1.54, 1.807) is 0 Å². The maximum Gasteiger partial charge on any atom is 0.0389 e. The van der Waals surface area contributed by atoms with E-state index in [1.807, 2.05) is 0 Å². The van der Waals surface area contributed by atoms with E-state index in [-0.39, 0.29) is 0 Å². The fourth-order valence-corrected chi connectivity index (χ4v) is 2.80. The van der Waals surface area contributed by atoms with Crippen molar-refractivity contribution >= 4 is 15.4 Å².